The van der Waals surface area contributed by atoms with Crippen LogP contribution in [0.5, 0.6) is 0 Å². The van der Waals surface area contributed by atoms with Crippen molar-refractivity contribution in [2.75, 3.05) is 0 Å². The Morgan fingerprint density at radius 3 is 2.94 bits per heavy atom. The smallest absolute Gasteiger partial charge is 0.0570 e. The minimum absolute atomic E-state index is 0.640. The fourth-order valence-corrected chi connectivity index (χ4v) is 4.02. The zero-order chi connectivity index (χ0) is 12.5. The molecule has 0 spiro atoms. The summed E-state index contributed by atoms with van der Waals surface area (Å²) in [5.74, 6) is 2.95. The molecule has 2 saturated carbocycles. The van der Waals surface area contributed by atoms with E-state index in [1.165, 1.54) is 36.9 Å². The Balaban J connectivity index is 1.56. The van der Waals surface area contributed by atoms with Crippen LogP contribution in [0.25, 0.3) is 0 Å². The summed E-state index contributed by atoms with van der Waals surface area (Å²) >= 11 is 0. The summed E-state index contributed by atoms with van der Waals surface area (Å²) in [7, 11) is 0. The van der Waals surface area contributed by atoms with Crippen molar-refractivity contribution in [1.82, 2.24) is 10.3 Å². The maximum atomic E-state index is 4.46. The molecule has 0 radical (unpaired) electrons. The van der Waals surface area contributed by atoms with Crippen LogP contribution in [0.15, 0.2) is 18.3 Å². The molecule has 2 aliphatic carbocycles. The van der Waals surface area contributed by atoms with Crippen LogP contribution in [-0.4, -0.2) is 11.0 Å². The fourth-order valence-electron chi connectivity index (χ4n) is 4.02. The molecule has 1 N–H and O–H groups in total. The van der Waals surface area contributed by atoms with E-state index in [9.17, 15) is 0 Å². The molecule has 4 atom stereocenters. The molecule has 4 unspecified atom stereocenters. The molecule has 0 amide bonds. The summed E-state index contributed by atoms with van der Waals surface area (Å²) < 4.78 is 0. The first-order valence-corrected chi connectivity index (χ1v) is 7.38. The third-order valence-electron chi connectivity index (χ3n) is 5.14. The number of fused-ring (bicyclic) bond motifs is 2. The van der Waals surface area contributed by atoms with Gasteiger partial charge < -0.3 is 5.32 Å². The van der Waals surface area contributed by atoms with E-state index < -0.39 is 0 Å². The van der Waals surface area contributed by atoms with Gasteiger partial charge in [-0.2, -0.15) is 0 Å². The lowest BCUT2D eigenvalue weighted by Crippen LogP contribution is -2.36. The lowest BCUT2D eigenvalue weighted by atomic mass is 9.84. The lowest BCUT2D eigenvalue weighted by molar-refractivity contribution is 0.259. The SMILES string of the molecule is Cc1cccnc1CNC(C)C1CC2CCC1C2. The molecule has 0 aromatic carbocycles. The molecule has 2 fully saturated rings. The summed E-state index contributed by atoms with van der Waals surface area (Å²) in [5.41, 5.74) is 2.50. The van der Waals surface area contributed by atoms with Gasteiger partial charge in [0, 0.05) is 18.8 Å². The van der Waals surface area contributed by atoms with Gasteiger partial charge in [0.1, 0.15) is 0 Å². The lowest BCUT2D eigenvalue weighted by Gasteiger charge is -2.28. The zero-order valence-electron chi connectivity index (χ0n) is 11.5. The number of aryl methyl sites for hydroxylation is 1. The van der Waals surface area contributed by atoms with E-state index >= 15 is 0 Å². The number of rotatable bonds is 4. The predicted molar refractivity (Wildman–Crippen MR) is 74.2 cm³/mol. The Bertz CT molecular complexity index is 415. The van der Waals surface area contributed by atoms with Crippen LogP contribution in [0, 0.1) is 24.7 Å². The number of hydrogen-bond donors (Lipinski definition) is 1. The second kappa shape index (κ2) is 5.00. The Kier molecular flexibility index (Phi) is 3.38. The van der Waals surface area contributed by atoms with E-state index in [4.69, 9.17) is 0 Å². The number of aromatic nitrogens is 1. The predicted octanol–water partition coefficient (Wildman–Crippen LogP) is 3.30. The second-order valence-electron chi connectivity index (χ2n) is 6.28. The third-order valence-corrected chi connectivity index (χ3v) is 5.14. The first kappa shape index (κ1) is 12.2. The number of pyridine rings is 1. The number of nitrogens with one attached hydrogen (secondary N) is 1. The van der Waals surface area contributed by atoms with E-state index in [2.05, 4.69) is 30.2 Å². The zero-order valence-corrected chi connectivity index (χ0v) is 11.5. The molecule has 1 aromatic rings. The van der Waals surface area contributed by atoms with Crippen molar-refractivity contribution in [2.45, 2.75) is 52.1 Å². The molecule has 2 bridgehead atoms. The molecular weight excluding hydrogens is 220 g/mol. The van der Waals surface area contributed by atoms with Gasteiger partial charge in [-0.3, -0.25) is 4.98 Å². The maximum absolute atomic E-state index is 4.46. The summed E-state index contributed by atoms with van der Waals surface area (Å²) in [6.45, 7) is 5.43. The van der Waals surface area contributed by atoms with E-state index in [1.807, 2.05) is 12.3 Å². The molecule has 98 valence electrons. The largest absolute Gasteiger partial charge is 0.308 e. The van der Waals surface area contributed by atoms with Gasteiger partial charge in [0.25, 0.3) is 0 Å². The quantitative estimate of drug-likeness (QED) is 0.879. The molecule has 2 heteroatoms. The van der Waals surface area contributed by atoms with E-state index in [-0.39, 0.29) is 0 Å². The van der Waals surface area contributed by atoms with Crippen molar-refractivity contribution in [1.29, 1.82) is 0 Å². The molecule has 1 heterocycles. The summed E-state index contributed by atoms with van der Waals surface area (Å²) in [6.07, 6.45) is 7.82. The average molecular weight is 244 g/mol. The van der Waals surface area contributed by atoms with Crippen molar-refractivity contribution < 1.29 is 0 Å². The van der Waals surface area contributed by atoms with Gasteiger partial charge >= 0.3 is 0 Å². The van der Waals surface area contributed by atoms with Crippen molar-refractivity contribution in [3.8, 4) is 0 Å². The van der Waals surface area contributed by atoms with Crippen LogP contribution in [-0.2, 0) is 6.54 Å². The number of hydrogen-bond acceptors (Lipinski definition) is 2. The molecule has 18 heavy (non-hydrogen) atoms. The normalized spacial score (nSPS) is 31.8. The van der Waals surface area contributed by atoms with Crippen LogP contribution in [0.3, 0.4) is 0 Å². The van der Waals surface area contributed by atoms with Gasteiger partial charge in [-0.05, 0) is 62.5 Å². The minimum Gasteiger partial charge on any atom is -0.308 e. The standard InChI is InChI=1S/C16H24N2/c1-11-4-3-7-17-16(11)10-18-12(2)15-9-13-5-6-14(15)8-13/h3-4,7,12-15,18H,5-6,8-10H2,1-2H3. The fraction of sp³-hybridized carbons (Fsp3) is 0.688. The molecule has 2 aliphatic rings. The Morgan fingerprint density at radius 2 is 2.28 bits per heavy atom. The van der Waals surface area contributed by atoms with Gasteiger partial charge in [-0.25, -0.2) is 0 Å². The second-order valence-corrected chi connectivity index (χ2v) is 6.28. The third kappa shape index (κ3) is 2.31. The van der Waals surface area contributed by atoms with Crippen molar-refractivity contribution >= 4 is 0 Å². The van der Waals surface area contributed by atoms with E-state index in [0.717, 1.165) is 24.3 Å². The molecule has 1 aromatic heterocycles. The first-order chi connectivity index (χ1) is 8.74. The average Bonchev–Trinajstić information content (AvgIpc) is 2.99. The highest BCUT2D eigenvalue weighted by Gasteiger charge is 2.41. The highest BCUT2D eigenvalue weighted by molar-refractivity contribution is 5.17. The highest BCUT2D eigenvalue weighted by atomic mass is 14.9. The topological polar surface area (TPSA) is 24.9 Å². The highest BCUT2D eigenvalue weighted by Crippen LogP contribution is 2.49. The minimum atomic E-state index is 0.640. The van der Waals surface area contributed by atoms with E-state index in [1.54, 1.807) is 0 Å². The number of nitrogens with zero attached hydrogens (tertiary/aromatic N) is 1. The summed E-state index contributed by atoms with van der Waals surface area (Å²) in [6, 6.07) is 4.80. The Morgan fingerprint density at radius 1 is 1.39 bits per heavy atom. The van der Waals surface area contributed by atoms with Crippen molar-refractivity contribution in [3.05, 3.63) is 29.6 Å². The molecular formula is C16H24N2. The monoisotopic (exact) mass is 244 g/mol. The van der Waals surface area contributed by atoms with Gasteiger partial charge in [-0.1, -0.05) is 12.5 Å². The summed E-state index contributed by atoms with van der Waals surface area (Å²) in [5, 5.41) is 3.70. The van der Waals surface area contributed by atoms with Gasteiger partial charge in [0.2, 0.25) is 0 Å². The Hall–Kier alpha value is -0.890. The van der Waals surface area contributed by atoms with Crippen LogP contribution in [0.2, 0.25) is 0 Å². The van der Waals surface area contributed by atoms with Crippen LogP contribution < -0.4 is 5.32 Å². The van der Waals surface area contributed by atoms with Crippen molar-refractivity contribution in [3.63, 3.8) is 0 Å². The van der Waals surface area contributed by atoms with Crippen molar-refractivity contribution in [2.24, 2.45) is 17.8 Å². The van der Waals surface area contributed by atoms with Gasteiger partial charge in [-0.15, -0.1) is 0 Å². The first-order valence-electron chi connectivity index (χ1n) is 7.38. The van der Waals surface area contributed by atoms with Gasteiger partial charge in [0.15, 0.2) is 0 Å². The maximum Gasteiger partial charge on any atom is 0.0570 e. The molecule has 0 aliphatic heterocycles. The molecule has 0 saturated heterocycles. The van der Waals surface area contributed by atoms with Crippen LogP contribution in [0.1, 0.15) is 43.9 Å². The van der Waals surface area contributed by atoms with Gasteiger partial charge in [0.05, 0.1) is 5.69 Å². The van der Waals surface area contributed by atoms with E-state index in [0.29, 0.717) is 6.04 Å². The molecule has 2 nitrogen and oxygen atoms in total. The van der Waals surface area contributed by atoms with Crippen LogP contribution in [0.4, 0.5) is 0 Å². The molecule has 3 rings (SSSR count). The van der Waals surface area contributed by atoms with Crippen LogP contribution >= 0.6 is 0 Å². The Labute approximate surface area is 110 Å². The summed E-state index contributed by atoms with van der Waals surface area (Å²) in [4.78, 5) is 4.46.